The molecule has 0 atom stereocenters. The molecule has 1 aliphatic heterocycles. The van der Waals surface area contributed by atoms with E-state index < -0.39 is 5.91 Å². The van der Waals surface area contributed by atoms with Crippen LogP contribution in [-0.4, -0.2) is 17.4 Å². The summed E-state index contributed by atoms with van der Waals surface area (Å²) in [5.74, 6) is -0.340. The molecule has 132 valence electrons. The van der Waals surface area contributed by atoms with Crippen LogP contribution in [0.1, 0.15) is 28.0 Å². The van der Waals surface area contributed by atoms with Gasteiger partial charge in [-0.05, 0) is 48.7 Å². The summed E-state index contributed by atoms with van der Waals surface area (Å²) in [6.07, 6.45) is 3.36. The average Bonchev–Trinajstić information content (AvgIpc) is 3.10. The normalized spacial score (nSPS) is 13.5. The van der Waals surface area contributed by atoms with Crippen molar-refractivity contribution in [1.29, 1.82) is 0 Å². The maximum absolute atomic E-state index is 13.4. The first-order valence-electron chi connectivity index (χ1n) is 8.49. The van der Waals surface area contributed by atoms with E-state index in [0.717, 1.165) is 36.3 Å². The Morgan fingerprint density at radius 3 is 2.92 bits per heavy atom. The maximum Gasteiger partial charge on any atom is 0.249 e. The predicted molar refractivity (Wildman–Crippen MR) is 96.2 cm³/mol. The average molecular weight is 351 g/mol. The minimum atomic E-state index is -0.404. The molecule has 0 saturated carbocycles. The quantitative estimate of drug-likeness (QED) is 0.780. The van der Waals surface area contributed by atoms with E-state index in [1.807, 2.05) is 12.1 Å². The van der Waals surface area contributed by atoms with Crippen molar-refractivity contribution in [3.63, 3.8) is 0 Å². The Hall–Kier alpha value is -3.15. The van der Waals surface area contributed by atoms with Gasteiger partial charge in [0.15, 0.2) is 0 Å². The Morgan fingerprint density at radius 2 is 2.12 bits per heavy atom. The maximum atomic E-state index is 13.4. The summed E-state index contributed by atoms with van der Waals surface area (Å²) in [4.78, 5) is 18.3. The lowest BCUT2D eigenvalue weighted by molar-refractivity contribution is 0.0999. The minimum absolute atomic E-state index is 0.328. The summed E-state index contributed by atoms with van der Waals surface area (Å²) in [5.41, 5.74) is 9.42. The summed E-state index contributed by atoms with van der Waals surface area (Å²) in [6, 6.07) is 11.8. The van der Waals surface area contributed by atoms with Gasteiger partial charge in [-0.3, -0.25) is 4.79 Å². The van der Waals surface area contributed by atoms with Gasteiger partial charge in [0.1, 0.15) is 12.1 Å². The number of oxazole rings is 1. The summed E-state index contributed by atoms with van der Waals surface area (Å²) in [6.45, 7) is 1.41. The van der Waals surface area contributed by atoms with E-state index in [0.29, 0.717) is 23.6 Å². The number of nitrogens with zero attached hydrogens (tertiary/aromatic N) is 2. The molecule has 2 N–H and O–H groups in total. The first-order chi connectivity index (χ1) is 12.6. The van der Waals surface area contributed by atoms with Crippen molar-refractivity contribution < 1.29 is 13.6 Å². The number of rotatable bonds is 4. The smallest absolute Gasteiger partial charge is 0.249 e. The van der Waals surface area contributed by atoms with Gasteiger partial charge in [0.05, 0.1) is 12.2 Å². The molecule has 5 nitrogen and oxygen atoms in total. The minimum Gasteiger partial charge on any atom is -0.444 e. The van der Waals surface area contributed by atoms with Crippen molar-refractivity contribution in [3.8, 4) is 11.5 Å². The Kier molecular flexibility index (Phi) is 4.16. The Morgan fingerprint density at radius 1 is 1.27 bits per heavy atom. The summed E-state index contributed by atoms with van der Waals surface area (Å²) < 4.78 is 18.9. The highest BCUT2D eigenvalue weighted by atomic mass is 19.1. The van der Waals surface area contributed by atoms with Crippen LogP contribution in [0.15, 0.2) is 53.1 Å². The van der Waals surface area contributed by atoms with Gasteiger partial charge >= 0.3 is 0 Å². The second kappa shape index (κ2) is 6.63. The van der Waals surface area contributed by atoms with Crippen LogP contribution >= 0.6 is 0 Å². The fourth-order valence-electron chi connectivity index (χ4n) is 3.43. The molecule has 1 aliphatic rings. The van der Waals surface area contributed by atoms with Gasteiger partial charge in [0, 0.05) is 23.4 Å². The van der Waals surface area contributed by atoms with Crippen LogP contribution in [0.5, 0.6) is 0 Å². The van der Waals surface area contributed by atoms with E-state index >= 15 is 0 Å². The number of benzene rings is 2. The molecule has 2 aromatic carbocycles. The first kappa shape index (κ1) is 16.3. The number of anilines is 1. The van der Waals surface area contributed by atoms with Gasteiger partial charge < -0.3 is 15.1 Å². The van der Waals surface area contributed by atoms with E-state index in [1.165, 1.54) is 12.1 Å². The molecular weight excluding hydrogens is 333 g/mol. The number of fused-ring (bicyclic) bond motifs is 1. The van der Waals surface area contributed by atoms with Gasteiger partial charge in [0.25, 0.3) is 0 Å². The zero-order chi connectivity index (χ0) is 18.1. The molecule has 0 aliphatic carbocycles. The number of aromatic nitrogens is 1. The van der Waals surface area contributed by atoms with Gasteiger partial charge in [-0.2, -0.15) is 0 Å². The van der Waals surface area contributed by atoms with Crippen LogP contribution in [0.4, 0.5) is 10.1 Å². The van der Waals surface area contributed by atoms with Crippen LogP contribution < -0.4 is 10.6 Å². The van der Waals surface area contributed by atoms with E-state index in [2.05, 4.69) is 9.88 Å². The van der Waals surface area contributed by atoms with Crippen molar-refractivity contribution in [2.75, 3.05) is 11.4 Å². The van der Waals surface area contributed by atoms with Crippen molar-refractivity contribution >= 4 is 11.6 Å². The van der Waals surface area contributed by atoms with Crippen LogP contribution in [-0.2, 0) is 13.0 Å². The molecule has 4 rings (SSSR count). The Balaban J connectivity index is 1.60. The summed E-state index contributed by atoms with van der Waals surface area (Å²) >= 11 is 0. The number of carbonyl (C=O) groups is 1. The highest BCUT2D eigenvalue weighted by Gasteiger charge is 2.22. The van der Waals surface area contributed by atoms with Gasteiger partial charge in [0.2, 0.25) is 11.8 Å². The number of nitrogens with two attached hydrogens (primary N) is 1. The number of halogens is 1. The van der Waals surface area contributed by atoms with Gasteiger partial charge in [-0.25, -0.2) is 9.37 Å². The number of hydrogen-bond acceptors (Lipinski definition) is 4. The van der Waals surface area contributed by atoms with Crippen LogP contribution in [0.2, 0.25) is 0 Å². The largest absolute Gasteiger partial charge is 0.444 e. The van der Waals surface area contributed by atoms with Crippen molar-refractivity contribution in [1.82, 2.24) is 4.98 Å². The van der Waals surface area contributed by atoms with E-state index in [-0.39, 0.29) is 5.82 Å². The number of amides is 1. The van der Waals surface area contributed by atoms with Crippen LogP contribution in [0.25, 0.3) is 11.5 Å². The molecule has 1 aromatic heterocycles. The molecule has 0 fully saturated rings. The topological polar surface area (TPSA) is 72.4 Å². The Labute approximate surface area is 150 Å². The predicted octanol–water partition coefficient (Wildman–Crippen LogP) is 3.53. The van der Waals surface area contributed by atoms with Crippen molar-refractivity contribution in [3.05, 3.63) is 71.4 Å². The fraction of sp³-hybridized carbons (Fsp3) is 0.200. The lowest BCUT2D eigenvalue weighted by Gasteiger charge is -2.31. The molecule has 0 saturated heterocycles. The molecule has 0 bridgehead atoms. The summed E-state index contributed by atoms with van der Waals surface area (Å²) in [5, 5.41) is 0. The van der Waals surface area contributed by atoms with E-state index in [9.17, 15) is 9.18 Å². The first-order valence-corrected chi connectivity index (χ1v) is 8.49. The van der Waals surface area contributed by atoms with Crippen molar-refractivity contribution in [2.45, 2.75) is 19.4 Å². The van der Waals surface area contributed by atoms with E-state index in [4.69, 9.17) is 10.2 Å². The van der Waals surface area contributed by atoms with Crippen molar-refractivity contribution in [2.24, 2.45) is 5.73 Å². The summed E-state index contributed by atoms with van der Waals surface area (Å²) in [7, 11) is 0. The third-order valence-electron chi connectivity index (χ3n) is 4.59. The number of hydrogen-bond donors (Lipinski definition) is 1. The molecule has 0 spiro atoms. The molecule has 6 heteroatoms. The van der Waals surface area contributed by atoms with Crippen LogP contribution in [0, 0.1) is 5.82 Å². The monoisotopic (exact) mass is 351 g/mol. The molecule has 3 aromatic rings. The third-order valence-corrected chi connectivity index (χ3v) is 4.59. The van der Waals surface area contributed by atoms with Crippen LogP contribution in [0.3, 0.4) is 0 Å². The molecule has 0 radical (unpaired) electrons. The second-order valence-electron chi connectivity index (χ2n) is 6.35. The second-order valence-corrected chi connectivity index (χ2v) is 6.35. The highest BCUT2D eigenvalue weighted by molar-refractivity contribution is 5.96. The molecule has 2 heterocycles. The lowest BCUT2D eigenvalue weighted by atomic mass is 9.96. The zero-order valence-electron chi connectivity index (χ0n) is 14.1. The van der Waals surface area contributed by atoms with Gasteiger partial charge in [-0.15, -0.1) is 0 Å². The molecule has 1 amide bonds. The highest BCUT2D eigenvalue weighted by Crippen LogP contribution is 2.31. The zero-order valence-corrected chi connectivity index (χ0v) is 14.1. The Bertz CT molecular complexity index is 967. The SMILES string of the molecule is NC(=O)c1cccc2c1CCCN2Cc1coc(-c2cccc(F)c2)n1. The third kappa shape index (κ3) is 3.06. The standard InChI is InChI=1S/C20H18FN3O2/c21-14-5-1-4-13(10-14)20-23-15(12-26-20)11-24-9-3-7-16-17(19(22)25)6-2-8-18(16)24/h1-2,4-6,8,10,12H,3,7,9,11H2,(H2,22,25). The fourth-order valence-corrected chi connectivity index (χ4v) is 3.43. The molecule has 0 unspecified atom stereocenters. The van der Waals surface area contributed by atoms with Gasteiger partial charge in [-0.1, -0.05) is 12.1 Å². The molecular formula is C20H18FN3O2. The van der Waals surface area contributed by atoms with E-state index in [1.54, 1.807) is 24.5 Å². The lowest BCUT2D eigenvalue weighted by Crippen LogP contribution is -2.30. The molecule has 26 heavy (non-hydrogen) atoms. The number of primary amides is 1. The number of carbonyl (C=O) groups excluding carboxylic acids is 1.